The van der Waals surface area contributed by atoms with Gasteiger partial charge in [0.25, 0.3) is 0 Å². The summed E-state index contributed by atoms with van der Waals surface area (Å²) in [6.07, 6.45) is 0. The lowest BCUT2D eigenvalue weighted by Gasteiger charge is -2.18. The average Bonchev–Trinajstić information content (AvgIpc) is 2.64. The molecule has 0 saturated heterocycles. The zero-order valence-corrected chi connectivity index (χ0v) is 13.9. The highest BCUT2D eigenvalue weighted by molar-refractivity contribution is 5.74. The summed E-state index contributed by atoms with van der Waals surface area (Å²) in [7, 11) is 0. The number of aliphatic hydroxyl groups excluding tert-OH is 1. The quantitative estimate of drug-likeness (QED) is 0.698. The van der Waals surface area contributed by atoms with Crippen LogP contribution in [0.25, 0.3) is 0 Å². The maximum atomic E-state index is 12.1. The predicted molar refractivity (Wildman–Crippen MR) is 93.4 cm³/mol. The Bertz CT molecular complexity index is 632. The Kier molecular flexibility index (Phi) is 7.26. The van der Waals surface area contributed by atoms with E-state index in [9.17, 15) is 9.90 Å². The number of urea groups is 1. The van der Waals surface area contributed by atoms with E-state index in [1.165, 1.54) is 0 Å². The third-order valence-electron chi connectivity index (χ3n) is 3.71. The zero-order valence-electron chi connectivity index (χ0n) is 13.9. The van der Waals surface area contributed by atoms with Gasteiger partial charge in [0.1, 0.15) is 0 Å². The fraction of sp³-hybridized carbons (Fsp3) is 0.316. The first-order chi connectivity index (χ1) is 11.7. The highest BCUT2D eigenvalue weighted by Crippen LogP contribution is 2.12. The molecule has 0 fully saturated rings. The second-order valence-electron chi connectivity index (χ2n) is 5.38. The van der Waals surface area contributed by atoms with Gasteiger partial charge in [-0.3, -0.25) is 0 Å². The maximum Gasteiger partial charge on any atom is 0.315 e. The molecule has 2 amide bonds. The van der Waals surface area contributed by atoms with Gasteiger partial charge in [0, 0.05) is 13.2 Å². The van der Waals surface area contributed by atoms with E-state index in [1.807, 2.05) is 61.5 Å². The number of carbonyl (C=O) groups is 1. The lowest BCUT2D eigenvalue weighted by Crippen LogP contribution is -2.39. The average molecular weight is 328 g/mol. The first-order valence-electron chi connectivity index (χ1n) is 8.09. The van der Waals surface area contributed by atoms with Crippen LogP contribution in [-0.2, 0) is 17.9 Å². The van der Waals surface area contributed by atoms with Crippen molar-refractivity contribution >= 4 is 6.03 Å². The van der Waals surface area contributed by atoms with E-state index in [2.05, 4.69) is 10.6 Å². The molecule has 2 rings (SSSR count). The molecule has 0 heterocycles. The van der Waals surface area contributed by atoms with Gasteiger partial charge in [0.2, 0.25) is 0 Å². The minimum absolute atomic E-state index is 0.154. The molecule has 0 saturated carbocycles. The van der Waals surface area contributed by atoms with Crippen molar-refractivity contribution in [3.8, 4) is 0 Å². The van der Waals surface area contributed by atoms with Gasteiger partial charge in [-0.25, -0.2) is 4.79 Å². The smallest absolute Gasteiger partial charge is 0.315 e. The summed E-state index contributed by atoms with van der Waals surface area (Å²) in [5.41, 5.74) is 2.94. The molecule has 5 heteroatoms. The lowest BCUT2D eigenvalue weighted by atomic mass is 10.1. The van der Waals surface area contributed by atoms with E-state index in [0.29, 0.717) is 19.8 Å². The first kappa shape index (κ1) is 18.0. The summed E-state index contributed by atoms with van der Waals surface area (Å²) in [4.78, 5) is 12.1. The molecule has 0 radical (unpaired) electrons. The third-order valence-corrected chi connectivity index (χ3v) is 3.71. The summed E-state index contributed by atoms with van der Waals surface area (Å²) in [5.74, 6) is 0. The fourth-order valence-electron chi connectivity index (χ4n) is 2.39. The molecule has 0 aliphatic carbocycles. The monoisotopic (exact) mass is 328 g/mol. The Hall–Kier alpha value is -2.37. The van der Waals surface area contributed by atoms with E-state index in [1.54, 1.807) is 0 Å². The van der Waals surface area contributed by atoms with E-state index < -0.39 is 6.04 Å². The summed E-state index contributed by atoms with van der Waals surface area (Å²) < 4.78 is 5.45. The fourth-order valence-corrected chi connectivity index (χ4v) is 2.39. The molecule has 3 N–H and O–H groups in total. The molecule has 2 aromatic carbocycles. The van der Waals surface area contributed by atoms with Crippen molar-refractivity contribution in [1.82, 2.24) is 10.6 Å². The van der Waals surface area contributed by atoms with Gasteiger partial charge >= 0.3 is 6.03 Å². The van der Waals surface area contributed by atoms with Crippen molar-refractivity contribution in [2.45, 2.75) is 26.1 Å². The lowest BCUT2D eigenvalue weighted by molar-refractivity contribution is 0.133. The Morgan fingerprint density at radius 2 is 1.75 bits per heavy atom. The van der Waals surface area contributed by atoms with Gasteiger partial charge in [-0.15, -0.1) is 0 Å². The van der Waals surface area contributed by atoms with E-state index in [-0.39, 0.29) is 12.6 Å². The van der Waals surface area contributed by atoms with E-state index in [0.717, 1.165) is 16.7 Å². The molecule has 128 valence electrons. The highest BCUT2D eigenvalue weighted by Gasteiger charge is 2.13. The molecule has 1 unspecified atom stereocenters. The molecular weight excluding hydrogens is 304 g/mol. The van der Waals surface area contributed by atoms with Crippen LogP contribution in [0, 0.1) is 0 Å². The van der Waals surface area contributed by atoms with Crippen molar-refractivity contribution in [1.29, 1.82) is 0 Å². The van der Waals surface area contributed by atoms with E-state index in [4.69, 9.17) is 4.74 Å². The van der Waals surface area contributed by atoms with Crippen molar-refractivity contribution in [3.05, 3.63) is 71.3 Å². The van der Waals surface area contributed by atoms with Crippen molar-refractivity contribution in [3.63, 3.8) is 0 Å². The molecular formula is C19H24N2O3. The van der Waals surface area contributed by atoms with Crippen LogP contribution in [0.2, 0.25) is 0 Å². The summed E-state index contributed by atoms with van der Waals surface area (Å²) in [6.45, 7) is 3.38. The highest BCUT2D eigenvalue weighted by atomic mass is 16.5. The predicted octanol–water partition coefficient (Wildman–Crippen LogP) is 2.76. The standard InChI is InChI=1S/C19H24N2O3/c1-2-24-14-17-11-7-6-10-16(17)12-20-19(23)21-18(13-22)15-8-4-3-5-9-15/h3-11,18,22H,2,12-14H2,1H3,(H2,20,21,23). The van der Waals surface area contributed by atoms with Gasteiger partial charge in [0.15, 0.2) is 0 Å². The van der Waals surface area contributed by atoms with Crippen molar-refractivity contribution < 1.29 is 14.6 Å². The first-order valence-corrected chi connectivity index (χ1v) is 8.09. The number of ether oxygens (including phenoxy) is 1. The van der Waals surface area contributed by atoms with Gasteiger partial charge in [0.05, 0.1) is 19.3 Å². The number of hydrogen-bond donors (Lipinski definition) is 3. The summed E-state index contributed by atoms with van der Waals surface area (Å²) in [5, 5.41) is 15.1. The Morgan fingerprint density at radius 1 is 1.08 bits per heavy atom. The van der Waals surface area contributed by atoms with Gasteiger partial charge in [-0.2, -0.15) is 0 Å². The van der Waals surface area contributed by atoms with Crippen LogP contribution in [0.3, 0.4) is 0 Å². The minimum atomic E-state index is -0.426. The second kappa shape index (κ2) is 9.70. The molecule has 0 aliphatic heterocycles. The van der Waals surface area contributed by atoms with Crippen LogP contribution in [0.15, 0.2) is 54.6 Å². The number of benzene rings is 2. The Balaban J connectivity index is 1.91. The minimum Gasteiger partial charge on any atom is -0.394 e. The number of aliphatic hydroxyl groups is 1. The van der Waals surface area contributed by atoms with Crippen molar-refractivity contribution in [2.24, 2.45) is 0 Å². The molecule has 0 aromatic heterocycles. The molecule has 0 aliphatic rings. The van der Waals surface area contributed by atoms with Crippen LogP contribution in [0.5, 0.6) is 0 Å². The molecule has 1 atom stereocenters. The van der Waals surface area contributed by atoms with Crippen LogP contribution in [0.4, 0.5) is 4.79 Å². The number of amides is 2. The Labute approximate surface area is 142 Å². The Morgan fingerprint density at radius 3 is 2.42 bits per heavy atom. The number of hydrogen-bond acceptors (Lipinski definition) is 3. The van der Waals surface area contributed by atoms with Crippen LogP contribution < -0.4 is 10.6 Å². The normalized spacial score (nSPS) is 11.8. The zero-order chi connectivity index (χ0) is 17.2. The third kappa shape index (κ3) is 5.37. The van der Waals surface area contributed by atoms with Gasteiger partial charge < -0.3 is 20.5 Å². The maximum absolute atomic E-state index is 12.1. The number of rotatable bonds is 8. The molecule has 0 spiro atoms. The topological polar surface area (TPSA) is 70.6 Å². The molecule has 24 heavy (non-hydrogen) atoms. The van der Waals surface area contributed by atoms with Gasteiger partial charge in [-0.05, 0) is 23.6 Å². The second-order valence-corrected chi connectivity index (χ2v) is 5.38. The largest absolute Gasteiger partial charge is 0.394 e. The SMILES string of the molecule is CCOCc1ccccc1CNC(=O)NC(CO)c1ccccc1. The van der Waals surface area contributed by atoms with Crippen LogP contribution in [-0.4, -0.2) is 24.4 Å². The summed E-state index contributed by atoms with van der Waals surface area (Å²) in [6, 6.07) is 16.5. The summed E-state index contributed by atoms with van der Waals surface area (Å²) >= 11 is 0. The van der Waals surface area contributed by atoms with E-state index >= 15 is 0 Å². The molecule has 2 aromatic rings. The van der Waals surface area contributed by atoms with Gasteiger partial charge in [-0.1, -0.05) is 54.6 Å². The molecule has 5 nitrogen and oxygen atoms in total. The van der Waals surface area contributed by atoms with Crippen LogP contribution in [0.1, 0.15) is 29.7 Å². The number of carbonyl (C=O) groups excluding carboxylic acids is 1. The van der Waals surface area contributed by atoms with Crippen LogP contribution >= 0.6 is 0 Å². The number of nitrogens with one attached hydrogen (secondary N) is 2. The molecule has 0 bridgehead atoms. The van der Waals surface area contributed by atoms with Crippen molar-refractivity contribution in [2.75, 3.05) is 13.2 Å².